The van der Waals surface area contributed by atoms with Crippen LogP contribution in [-0.4, -0.2) is 63.3 Å². The molecule has 0 amide bonds. The Labute approximate surface area is 184 Å². The fourth-order valence-corrected chi connectivity index (χ4v) is 3.05. The average molecular weight is 524 g/mol. The average Bonchev–Trinajstić information content (AvgIpc) is 3.07. The number of hydrogen-bond donors (Lipinski definition) is 1. The van der Waals surface area contributed by atoms with Crippen LogP contribution in [0, 0.1) is 0 Å². The molecule has 1 aliphatic rings. The van der Waals surface area contributed by atoms with E-state index >= 15 is 0 Å². The number of alkyl halides is 3. The highest BCUT2D eigenvalue weighted by Gasteiger charge is 2.36. The summed E-state index contributed by atoms with van der Waals surface area (Å²) < 4.78 is 40.5. The Hall–Kier alpha value is -2.12. The van der Waals surface area contributed by atoms with E-state index in [2.05, 4.69) is 30.3 Å². The van der Waals surface area contributed by atoms with Gasteiger partial charge in [-0.05, 0) is 13.0 Å². The quantitative estimate of drug-likeness (QED) is 0.376. The van der Waals surface area contributed by atoms with Crippen molar-refractivity contribution in [3.8, 4) is 0 Å². The van der Waals surface area contributed by atoms with Gasteiger partial charge in [-0.2, -0.15) is 18.3 Å². The number of piperazine rings is 1. The minimum atomic E-state index is -4.49. The lowest BCUT2D eigenvalue weighted by molar-refractivity contribution is -0.142. The third-order valence-corrected chi connectivity index (χ3v) is 4.32. The molecule has 8 nitrogen and oxygen atoms in total. The number of aryl methyl sites for hydroxylation is 1. The van der Waals surface area contributed by atoms with Crippen LogP contribution in [0.2, 0.25) is 0 Å². The Morgan fingerprint density at radius 2 is 1.83 bits per heavy atom. The van der Waals surface area contributed by atoms with Crippen molar-refractivity contribution in [3.05, 3.63) is 35.9 Å². The van der Waals surface area contributed by atoms with Crippen LogP contribution in [0.3, 0.4) is 0 Å². The van der Waals surface area contributed by atoms with Gasteiger partial charge in [-0.1, -0.05) is 0 Å². The molecule has 0 unspecified atom stereocenters. The first-order valence-electron chi connectivity index (χ1n) is 9.03. The van der Waals surface area contributed by atoms with Crippen molar-refractivity contribution in [2.75, 3.05) is 37.6 Å². The van der Waals surface area contributed by atoms with Gasteiger partial charge in [0.1, 0.15) is 0 Å². The molecule has 0 spiro atoms. The summed E-state index contributed by atoms with van der Waals surface area (Å²) in [4.78, 5) is 17.0. The first-order chi connectivity index (χ1) is 13.4. The zero-order valence-electron chi connectivity index (χ0n) is 16.2. The summed E-state index contributed by atoms with van der Waals surface area (Å²) in [7, 11) is 1.47. The predicted octanol–water partition coefficient (Wildman–Crippen LogP) is 2.13. The Bertz CT molecular complexity index is 801. The SMILES string of the molecule is CCNC(=NCc1cn(C)nc1C(F)(F)F)N1CCN(c2ncccn2)CC1.I. The second-order valence-electron chi connectivity index (χ2n) is 6.37. The third kappa shape index (κ3) is 5.93. The van der Waals surface area contributed by atoms with Crippen LogP contribution in [0.15, 0.2) is 29.6 Å². The van der Waals surface area contributed by atoms with E-state index in [1.165, 1.54) is 17.9 Å². The smallest absolute Gasteiger partial charge is 0.357 e. The molecule has 3 rings (SSSR count). The molecule has 0 aromatic carbocycles. The fourth-order valence-electron chi connectivity index (χ4n) is 3.05. The van der Waals surface area contributed by atoms with Crippen LogP contribution in [-0.2, 0) is 19.8 Å². The molecule has 2 aromatic rings. The Balaban J connectivity index is 0.00000300. The molecule has 3 heterocycles. The van der Waals surface area contributed by atoms with Crippen molar-refractivity contribution >= 4 is 35.9 Å². The van der Waals surface area contributed by atoms with E-state index in [0.717, 1.165) is 0 Å². The van der Waals surface area contributed by atoms with Gasteiger partial charge in [0.25, 0.3) is 0 Å². The van der Waals surface area contributed by atoms with Crippen molar-refractivity contribution in [1.29, 1.82) is 0 Å². The minimum Gasteiger partial charge on any atom is -0.357 e. The normalized spacial score (nSPS) is 15.3. The van der Waals surface area contributed by atoms with Gasteiger partial charge in [0.2, 0.25) is 5.95 Å². The number of anilines is 1. The fraction of sp³-hybridized carbons (Fsp3) is 0.529. The van der Waals surface area contributed by atoms with Gasteiger partial charge in [0, 0.05) is 63.9 Å². The number of nitrogens with zero attached hydrogens (tertiary/aromatic N) is 7. The molecule has 29 heavy (non-hydrogen) atoms. The monoisotopic (exact) mass is 524 g/mol. The van der Waals surface area contributed by atoms with Crippen molar-refractivity contribution < 1.29 is 13.2 Å². The topological polar surface area (TPSA) is 74.5 Å². The third-order valence-electron chi connectivity index (χ3n) is 4.32. The lowest BCUT2D eigenvalue weighted by Gasteiger charge is -2.36. The number of nitrogens with one attached hydrogen (secondary N) is 1. The number of halogens is 4. The molecule has 12 heteroatoms. The summed E-state index contributed by atoms with van der Waals surface area (Å²) in [6.45, 7) is 5.21. The van der Waals surface area contributed by atoms with E-state index in [4.69, 9.17) is 0 Å². The summed E-state index contributed by atoms with van der Waals surface area (Å²) in [5, 5.41) is 6.69. The van der Waals surface area contributed by atoms with Gasteiger partial charge in [0.05, 0.1) is 6.54 Å². The van der Waals surface area contributed by atoms with Gasteiger partial charge < -0.3 is 15.1 Å². The molecule has 0 saturated carbocycles. The molecule has 1 aliphatic heterocycles. The molecule has 1 N–H and O–H groups in total. The van der Waals surface area contributed by atoms with Crippen LogP contribution >= 0.6 is 24.0 Å². The molecular formula is C17H24F3IN8. The maximum Gasteiger partial charge on any atom is 0.435 e. The van der Waals surface area contributed by atoms with Gasteiger partial charge in [-0.25, -0.2) is 15.0 Å². The second-order valence-corrected chi connectivity index (χ2v) is 6.37. The number of guanidine groups is 1. The molecule has 160 valence electrons. The molecule has 1 saturated heterocycles. The van der Waals surface area contributed by atoms with Crippen LogP contribution in [0.1, 0.15) is 18.2 Å². The van der Waals surface area contributed by atoms with Crippen molar-refractivity contribution in [2.24, 2.45) is 12.0 Å². The Morgan fingerprint density at radius 1 is 1.17 bits per heavy atom. The Kier molecular flexibility index (Phi) is 8.05. The highest BCUT2D eigenvalue weighted by molar-refractivity contribution is 14.0. The first-order valence-corrected chi connectivity index (χ1v) is 9.03. The maximum absolute atomic E-state index is 13.1. The highest BCUT2D eigenvalue weighted by Crippen LogP contribution is 2.30. The predicted molar refractivity (Wildman–Crippen MR) is 114 cm³/mol. The van der Waals surface area contributed by atoms with E-state index < -0.39 is 11.9 Å². The maximum atomic E-state index is 13.1. The zero-order chi connectivity index (χ0) is 20.1. The van der Waals surface area contributed by atoms with Crippen LogP contribution in [0.5, 0.6) is 0 Å². The summed E-state index contributed by atoms with van der Waals surface area (Å²) in [5.41, 5.74) is -0.831. The number of hydrogen-bond acceptors (Lipinski definition) is 5. The van der Waals surface area contributed by atoms with Crippen LogP contribution in [0.25, 0.3) is 0 Å². The molecule has 0 atom stereocenters. The zero-order valence-corrected chi connectivity index (χ0v) is 18.6. The Morgan fingerprint density at radius 3 is 2.41 bits per heavy atom. The summed E-state index contributed by atoms with van der Waals surface area (Å²) in [5.74, 6) is 1.27. The molecule has 1 fully saturated rings. The van der Waals surface area contributed by atoms with Gasteiger partial charge >= 0.3 is 6.18 Å². The van der Waals surface area contributed by atoms with E-state index in [9.17, 15) is 13.2 Å². The number of aliphatic imine (C=N–C) groups is 1. The van der Waals surface area contributed by atoms with Gasteiger partial charge in [-0.15, -0.1) is 24.0 Å². The van der Waals surface area contributed by atoms with Crippen LogP contribution in [0.4, 0.5) is 19.1 Å². The van der Waals surface area contributed by atoms with E-state index in [-0.39, 0.29) is 36.1 Å². The number of aromatic nitrogens is 4. The van der Waals surface area contributed by atoms with Gasteiger partial charge in [-0.3, -0.25) is 4.68 Å². The van der Waals surface area contributed by atoms with Crippen molar-refractivity contribution in [3.63, 3.8) is 0 Å². The number of rotatable bonds is 4. The molecule has 0 bridgehead atoms. The van der Waals surface area contributed by atoms with Crippen LogP contribution < -0.4 is 10.2 Å². The second kappa shape index (κ2) is 10.1. The molecular weight excluding hydrogens is 500 g/mol. The van der Waals surface area contributed by atoms with E-state index in [0.29, 0.717) is 44.6 Å². The van der Waals surface area contributed by atoms with E-state index in [1.54, 1.807) is 18.5 Å². The minimum absolute atomic E-state index is 0. The van der Waals surface area contributed by atoms with Crippen molar-refractivity contribution in [1.82, 2.24) is 30.0 Å². The summed E-state index contributed by atoms with van der Waals surface area (Å²) >= 11 is 0. The standard InChI is InChI=1S/C17H23F3N8.HI/c1-3-21-15(24-11-13-12-26(2)25-14(13)17(18,19)20)27-7-9-28(10-8-27)16-22-5-4-6-23-16;/h4-6,12H,3,7-11H2,1-2H3,(H,21,24);1H. The molecule has 0 radical (unpaired) electrons. The van der Waals surface area contributed by atoms with Gasteiger partial charge in [0.15, 0.2) is 11.7 Å². The lowest BCUT2D eigenvalue weighted by Crippen LogP contribution is -2.53. The summed E-state index contributed by atoms with van der Waals surface area (Å²) in [6.07, 6.45) is 0.269. The first kappa shape index (κ1) is 23.2. The largest absolute Gasteiger partial charge is 0.435 e. The summed E-state index contributed by atoms with van der Waals surface area (Å²) in [6, 6.07) is 1.77. The van der Waals surface area contributed by atoms with Crippen molar-refractivity contribution in [2.45, 2.75) is 19.6 Å². The highest BCUT2D eigenvalue weighted by atomic mass is 127. The van der Waals surface area contributed by atoms with E-state index in [1.807, 2.05) is 11.8 Å². The lowest BCUT2D eigenvalue weighted by atomic mass is 10.2. The molecule has 2 aromatic heterocycles. The molecule has 0 aliphatic carbocycles.